The number of anilines is 1. The first-order valence-electron chi connectivity index (χ1n) is 7.99. The number of alkyl halides is 3. The number of nitrogens with zero attached hydrogens (tertiary/aromatic N) is 1. The number of fused-ring (bicyclic) bond motifs is 1. The normalized spacial score (nSPS) is 16.5. The number of nitrogens with two attached hydrogens (primary N) is 1. The minimum Gasteiger partial charge on any atom is -0.484 e. The second-order valence-electron chi connectivity index (χ2n) is 5.96. The number of rotatable bonds is 5. The van der Waals surface area contributed by atoms with Gasteiger partial charge in [0.05, 0.1) is 5.56 Å². The molecule has 142 valence electrons. The molecule has 1 aliphatic heterocycles. The fraction of sp³-hybridized carbons (Fsp3) is 0.222. The second-order valence-corrected chi connectivity index (χ2v) is 5.96. The van der Waals surface area contributed by atoms with Gasteiger partial charge in [0.2, 0.25) is 0 Å². The molecule has 0 saturated heterocycles. The van der Waals surface area contributed by atoms with Crippen molar-refractivity contribution in [2.24, 2.45) is 5.73 Å². The van der Waals surface area contributed by atoms with Crippen molar-refractivity contribution in [1.29, 1.82) is 0 Å². The first-order valence-corrected chi connectivity index (χ1v) is 7.99. The Labute approximate surface area is 152 Å². The van der Waals surface area contributed by atoms with Gasteiger partial charge in [-0.3, -0.25) is 9.59 Å². The Morgan fingerprint density at radius 2 is 1.81 bits per heavy atom. The number of nitrogens with one attached hydrogen (secondary N) is 1. The third-order valence-corrected chi connectivity index (χ3v) is 3.95. The standard InChI is InChI=1S/C18H16F3N3O3/c19-18(20,21)10-24-16(23-14-4-2-1-3-13(14)17(24)26)11-5-7-12(8-6-11)27-9-15(22)25/h1-8,16,23H,9-10H2,(H2,22,25). The Kier molecular flexibility index (Phi) is 4.93. The summed E-state index contributed by atoms with van der Waals surface area (Å²) in [6, 6.07) is 12.4. The number of primary amides is 1. The van der Waals surface area contributed by atoms with Crippen molar-refractivity contribution < 1.29 is 27.5 Å². The lowest BCUT2D eigenvalue weighted by Gasteiger charge is -2.38. The zero-order valence-electron chi connectivity index (χ0n) is 14.0. The van der Waals surface area contributed by atoms with E-state index in [0.717, 1.165) is 4.90 Å². The number of halogens is 3. The van der Waals surface area contributed by atoms with E-state index in [-0.39, 0.29) is 12.2 Å². The zero-order chi connectivity index (χ0) is 19.6. The zero-order valence-corrected chi connectivity index (χ0v) is 14.0. The summed E-state index contributed by atoms with van der Waals surface area (Å²) in [5.74, 6) is -1.02. The molecule has 0 radical (unpaired) electrons. The average Bonchev–Trinajstić information content (AvgIpc) is 2.62. The first-order chi connectivity index (χ1) is 12.7. The molecule has 0 aromatic heterocycles. The van der Waals surface area contributed by atoms with Crippen LogP contribution in [0.2, 0.25) is 0 Å². The van der Waals surface area contributed by atoms with Gasteiger partial charge in [0.1, 0.15) is 18.5 Å². The van der Waals surface area contributed by atoms with Crippen molar-refractivity contribution in [3.63, 3.8) is 0 Å². The summed E-state index contributed by atoms with van der Waals surface area (Å²) in [5.41, 5.74) is 6.08. The summed E-state index contributed by atoms with van der Waals surface area (Å²) < 4.78 is 44.2. The maximum Gasteiger partial charge on any atom is 0.406 e. The molecule has 1 atom stereocenters. The van der Waals surface area contributed by atoms with E-state index in [1.54, 1.807) is 18.2 Å². The van der Waals surface area contributed by atoms with Crippen LogP contribution in [-0.4, -0.2) is 36.0 Å². The summed E-state index contributed by atoms with van der Waals surface area (Å²) in [7, 11) is 0. The van der Waals surface area contributed by atoms with Gasteiger partial charge in [0.25, 0.3) is 11.8 Å². The lowest BCUT2D eigenvalue weighted by molar-refractivity contribution is -0.144. The molecule has 0 fully saturated rings. The van der Waals surface area contributed by atoms with Crippen LogP contribution in [0.3, 0.4) is 0 Å². The number of benzene rings is 2. The van der Waals surface area contributed by atoms with Crippen LogP contribution in [0.4, 0.5) is 18.9 Å². The van der Waals surface area contributed by atoms with Gasteiger partial charge in [-0.2, -0.15) is 13.2 Å². The number of carbonyl (C=O) groups excluding carboxylic acids is 2. The van der Waals surface area contributed by atoms with Crippen LogP contribution in [0.5, 0.6) is 5.75 Å². The maximum absolute atomic E-state index is 13.0. The molecule has 0 saturated carbocycles. The van der Waals surface area contributed by atoms with Gasteiger partial charge >= 0.3 is 6.18 Å². The molecule has 6 nitrogen and oxygen atoms in total. The minimum atomic E-state index is -4.55. The van der Waals surface area contributed by atoms with Gasteiger partial charge in [-0.25, -0.2) is 0 Å². The summed E-state index contributed by atoms with van der Waals surface area (Å²) in [4.78, 5) is 24.1. The number of hydrogen-bond acceptors (Lipinski definition) is 4. The van der Waals surface area contributed by atoms with E-state index in [1.807, 2.05) is 0 Å². The van der Waals surface area contributed by atoms with E-state index >= 15 is 0 Å². The lowest BCUT2D eigenvalue weighted by Crippen LogP contribution is -2.47. The van der Waals surface area contributed by atoms with Crippen LogP contribution in [0.15, 0.2) is 48.5 Å². The molecule has 3 rings (SSSR count). The maximum atomic E-state index is 13.0. The monoisotopic (exact) mass is 379 g/mol. The SMILES string of the molecule is NC(=O)COc1ccc(C2Nc3ccccc3C(=O)N2CC(F)(F)F)cc1. The molecule has 1 aliphatic rings. The Morgan fingerprint density at radius 1 is 1.15 bits per heavy atom. The average molecular weight is 379 g/mol. The largest absolute Gasteiger partial charge is 0.484 e. The van der Waals surface area contributed by atoms with Crippen LogP contribution in [-0.2, 0) is 4.79 Å². The molecule has 2 amide bonds. The van der Waals surface area contributed by atoms with Crippen molar-refractivity contribution in [1.82, 2.24) is 4.90 Å². The molecule has 0 aliphatic carbocycles. The quantitative estimate of drug-likeness (QED) is 0.837. The van der Waals surface area contributed by atoms with Crippen LogP contribution in [0.1, 0.15) is 22.1 Å². The van der Waals surface area contributed by atoms with Crippen LogP contribution in [0.25, 0.3) is 0 Å². The van der Waals surface area contributed by atoms with Crippen molar-refractivity contribution in [3.8, 4) is 5.75 Å². The lowest BCUT2D eigenvalue weighted by atomic mass is 10.0. The molecule has 2 aromatic carbocycles. The Hall–Kier alpha value is -3.23. The van der Waals surface area contributed by atoms with E-state index in [9.17, 15) is 22.8 Å². The highest BCUT2D eigenvalue weighted by atomic mass is 19.4. The van der Waals surface area contributed by atoms with E-state index in [4.69, 9.17) is 10.5 Å². The van der Waals surface area contributed by atoms with Gasteiger partial charge < -0.3 is 20.7 Å². The van der Waals surface area contributed by atoms with Crippen molar-refractivity contribution >= 4 is 17.5 Å². The molecular formula is C18H16F3N3O3. The van der Waals surface area contributed by atoms with E-state index in [0.29, 0.717) is 17.0 Å². The summed E-state index contributed by atoms with van der Waals surface area (Å²) in [6.45, 7) is -1.70. The highest BCUT2D eigenvalue weighted by Gasteiger charge is 2.40. The van der Waals surface area contributed by atoms with Gasteiger partial charge in [-0.15, -0.1) is 0 Å². The van der Waals surface area contributed by atoms with Crippen molar-refractivity contribution in [3.05, 3.63) is 59.7 Å². The van der Waals surface area contributed by atoms with Gasteiger partial charge in [0.15, 0.2) is 6.61 Å². The molecule has 27 heavy (non-hydrogen) atoms. The predicted octanol–water partition coefficient (Wildman–Crippen LogP) is 2.68. The fourth-order valence-corrected chi connectivity index (χ4v) is 2.81. The van der Waals surface area contributed by atoms with Crippen molar-refractivity contribution in [2.75, 3.05) is 18.5 Å². The third-order valence-electron chi connectivity index (χ3n) is 3.95. The van der Waals surface area contributed by atoms with Crippen LogP contribution < -0.4 is 15.8 Å². The predicted molar refractivity (Wildman–Crippen MR) is 91.0 cm³/mol. The Balaban J connectivity index is 1.91. The van der Waals surface area contributed by atoms with E-state index in [2.05, 4.69) is 5.32 Å². The van der Waals surface area contributed by atoms with Crippen LogP contribution >= 0.6 is 0 Å². The topological polar surface area (TPSA) is 84.7 Å². The molecule has 3 N–H and O–H groups in total. The minimum absolute atomic E-state index is 0.180. The third kappa shape index (κ3) is 4.30. The van der Waals surface area contributed by atoms with Gasteiger partial charge in [-0.05, 0) is 29.8 Å². The highest BCUT2D eigenvalue weighted by Crippen LogP contribution is 2.35. The molecule has 1 unspecified atom stereocenters. The fourth-order valence-electron chi connectivity index (χ4n) is 2.81. The number of hydrogen-bond donors (Lipinski definition) is 2. The second kappa shape index (κ2) is 7.18. The molecule has 0 bridgehead atoms. The molecular weight excluding hydrogens is 363 g/mol. The Morgan fingerprint density at radius 3 is 2.44 bits per heavy atom. The number of ether oxygens (including phenoxy) is 1. The molecule has 2 aromatic rings. The summed E-state index contributed by atoms with van der Waals surface area (Å²) >= 11 is 0. The van der Waals surface area contributed by atoms with E-state index in [1.165, 1.54) is 30.3 Å². The van der Waals surface area contributed by atoms with Crippen LogP contribution in [0, 0.1) is 0 Å². The summed E-state index contributed by atoms with van der Waals surface area (Å²) in [5, 5.41) is 2.98. The van der Waals surface area contributed by atoms with Gasteiger partial charge in [-0.1, -0.05) is 24.3 Å². The van der Waals surface area contributed by atoms with E-state index < -0.39 is 30.7 Å². The molecule has 0 spiro atoms. The van der Waals surface area contributed by atoms with Crippen molar-refractivity contribution in [2.45, 2.75) is 12.3 Å². The summed E-state index contributed by atoms with van der Waals surface area (Å²) in [6.07, 6.45) is -5.55. The molecule has 1 heterocycles. The Bertz CT molecular complexity index is 853. The van der Waals surface area contributed by atoms with Gasteiger partial charge in [0, 0.05) is 5.69 Å². The number of carbonyl (C=O) groups is 2. The first kappa shape index (κ1) is 18.6. The smallest absolute Gasteiger partial charge is 0.406 e. The number of amides is 2. The highest BCUT2D eigenvalue weighted by molar-refractivity contribution is 6.01. The number of para-hydroxylation sites is 1. The molecule has 9 heteroatoms.